The van der Waals surface area contributed by atoms with Crippen LogP contribution in [0, 0.1) is 0 Å². The Labute approximate surface area is 165 Å². The van der Waals surface area contributed by atoms with Gasteiger partial charge in [0.05, 0.1) is 11.1 Å². The van der Waals surface area contributed by atoms with Gasteiger partial charge in [-0.1, -0.05) is 51.2 Å². The molecule has 0 aliphatic heterocycles. The van der Waals surface area contributed by atoms with Gasteiger partial charge in [-0.05, 0) is 36.6 Å². The van der Waals surface area contributed by atoms with Gasteiger partial charge in [-0.2, -0.15) is 0 Å². The third-order valence-electron chi connectivity index (χ3n) is 4.77. The van der Waals surface area contributed by atoms with Crippen molar-refractivity contribution in [2.24, 2.45) is 0 Å². The molecule has 146 valence electrons. The number of hydrogen-bond acceptors (Lipinski definition) is 5. The van der Waals surface area contributed by atoms with Crippen LogP contribution in [0.2, 0.25) is 0 Å². The van der Waals surface area contributed by atoms with E-state index in [1.165, 1.54) is 50.2 Å². The van der Waals surface area contributed by atoms with E-state index < -0.39 is 0 Å². The van der Waals surface area contributed by atoms with Crippen LogP contribution in [0.1, 0.15) is 61.4 Å². The number of amides is 1. The summed E-state index contributed by atoms with van der Waals surface area (Å²) < 4.78 is 0. The molecule has 2 heterocycles. The Kier molecular flexibility index (Phi) is 7.29. The summed E-state index contributed by atoms with van der Waals surface area (Å²) in [7, 11) is 0. The van der Waals surface area contributed by atoms with E-state index in [9.17, 15) is 4.79 Å². The molecule has 0 saturated heterocycles. The van der Waals surface area contributed by atoms with E-state index in [0.29, 0.717) is 11.4 Å². The molecule has 2 aromatic heterocycles. The second-order valence-corrected chi connectivity index (χ2v) is 6.87. The average molecular weight is 377 g/mol. The van der Waals surface area contributed by atoms with Gasteiger partial charge < -0.3 is 0 Å². The lowest BCUT2D eigenvalue weighted by atomic mass is 10.0. The number of hydrazine groups is 1. The number of nitrogens with zero attached hydrogens (tertiary/aromatic N) is 3. The average Bonchev–Trinajstić information content (AvgIpc) is 2.75. The van der Waals surface area contributed by atoms with E-state index in [4.69, 9.17) is 0 Å². The molecule has 0 saturated carbocycles. The number of unbranched alkanes of at least 4 members (excludes halogenated alkanes) is 5. The second kappa shape index (κ2) is 10.3. The van der Waals surface area contributed by atoms with Crippen molar-refractivity contribution < 1.29 is 4.79 Å². The Morgan fingerprint density at radius 1 is 1.00 bits per heavy atom. The summed E-state index contributed by atoms with van der Waals surface area (Å²) in [5, 5.41) is 0.900. The number of rotatable bonds is 10. The zero-order valence-corrected chi connectivity index (χ0v) is 16.3. The normalized spacial score (nSPS) is 10.8. The highest BCUT2D eigenvalue weighted by molar-refractivity contribution is 5.96. The van der Waals surface area contributed by atoms with E-state index in [0.717, 1.165) is 23.7 Å². The van der Waals surface area contributed by atoms with Crippen molar-refractivity contribution >= 4 is 22.6 Å². The molecule has 0 fully saturated rings. The molecular weight excluding hydrogens is 350 g/mol. The third kappa shape index (κ3) is 5.25. The Morgan fingerprint density at radius 2 is 1.86 bits per heavy atom. The molecule has 1 aromatic carbocycles. The number of anilines is 1. The first-order valence-electron chi connectivity index (χ1n) is 9.98. The lowest BCUT2D eigenvalue weighted by Crippen LogP contribution is -2.30. The van der Waals surface area contributed by atoms with Gasteiger partial charge in [-0.3, -0.25) is 20.6 Å². The number of fused-ring (bicyclic) bond motifs is 1. The zero-order valence-electron chi connectivity index (χ0n) is 16.3. The molecular formula is C22H27N5O. The number of carbonyl (C=O) groups is 1. The molecule has 2 N–H and O–H groups in total. The second-order valence-electron chi connectivity index (χ2n) is 6.87. The minimum Gasteiger partial charge on any atom is -0.281 e. The van der Waals surface area contributed by atoms with Crippen molar-refractivity contribution in [3.8, 4) is 0 Å². The fourth-order valence-electron chi connectivity index (χ4n) is 3.23. The highest BCUT2D eigenvalue weighted by atomic mass is 16.2. The Bertz CT molecular complexity index is 898. The van der Waals surface area contributed by atoms with E-state index in [2.05, 4.69) is 38.8 Å². The standard InChI is InChI=1S/C22H27N5O/c1-2-3-4-5-6-7-10-17-11-8-13-19-20(17)24-16-25-21(19)26-27-22(28)18-12-9-14-23-15-18/h8-9,11-16H,2-7,10H2,1H3,(H,27,28)(H,24,25,26). The number of carbonyl (C=O) groups excluding carboxylic acids is 1. The number of aromatic nitrogens is 3. The first-order chi connectivity index (χ1) is 13.8. The first kappa shape index (κ1) is 19.7. The lowest BCUT2D eigenvalue weighted by molar-refractivity contribution is 0.0962. The van der Waals surface area contributed by atoms with Crippen LogP contribution < -0.4 is 10.9 Å². The Morgan fingerprint density at radius 3 is 2.68 bits per heavy atom. The van der Waals surface area contributed by atoms with E-state index >= 15 is 0 Å². The number of hydrogen-bond donors (Lipinski definition) is 2. The molecule has 0 spiro atoms. The third-order valence-corrected chi connectivity index (χ3v) is 4.77. The maximum atomic E-state index is 12.2. The van der Waals surface area contributed by atoms with Crippen molar-refractivity contribution in [2.75, 3.05) is 5.43 Å². The van der Waals surface area contributed by atoms with Crippen LogP contribution in [0.15, 0.2) is 49.1 Å². The first-order valence-corrected chi connectivity index (χ1v) is 9.98. The number of aryl methyl sites for hydroxylation is 1. The smallest absolute Gasteiger partial charge is 0.271 e. The number of pyridine rings is 1. The van der Waals surface area contributed by atoms with Crippen molar-refractivity contribution in [1.29, 1.82) is 0 Å². The van der Waals surface area contributed by atoms with Gasteiger partial charge in [0.2, 0.25) is 0 Å². The topological polar surface area (TPSA) is 79.8 Å². The molecule has 0 aliphatic carbocycles. The van der Waals surface area contributed by atoms with E-state index in [1.54, 1.807) is 18.3 Å². The predicted molar refractivity (Wildman–Crippen MR) is 112 cm³/mol. The largest absolute Gasteiger partial charge is 0.281 e. The fourth-order valence-corrected chi connectivity index (χ4v) is 3.23. The zero-order chi connectivity index (χ0) is 19.6. The van der Waals surface area contributed by atoms with Crippen LogP contribution in [0.4, 0.5) is 5.82 Å². The van der Waals surface area contributed by atoms with Crippen molar-refractivity contribution in [1.82, 2.24) is 20.4 Å². The quantitative estimate of drug-likeness (QED) is 0.396. The van der Waals surface area contributed by atoms with E-state index in [1.807, 2.05) is 12.1 Å². The summed E-state index contributed by atoms with van der Waals surface area (Å²) >= 11 is 0. The van der Waals surface area contributed by atoms with E-state index in [-0.39, 0.29) is 5.91 Å². The van der Waals surface area contributed by atoms with Crippen molar-refractivity contribution in [3.63, 3.8) is 0 Å². The van der Waals surface area contributed by atoms with Crippen molar-refractivity contribution in [3.05, 3.63) is 60.2 Å². The van der Waals surface area contributed by atoms with Gasteiger partial charge in [-0.15, -0.1) is 0 Å². The van der Waals surface area contributed by atoms with Crippen LogP contribution in [-0.4, -0.2) is 20.9 Å². The Hall–Kier alpha value is -3.02. The monoisotopic (exact) mass is 377 g/mol. The summed E-state index contributed by atoms with van der Waals surface area (Å²) in [6.07, 6.45) is 13.3. The molecule has 3 rings (SSSR count). The summed E-state index contributed by atoms with van der Waals surface area (Å²) in [6, 6.07) is 9.55. The number of nitrogens with one attached hydrogen (secondary N) is 2. The number of benzene rings is 1. The summed E-state index contributed by atoms with van der Waals surface area (Å²) in [5.41, 5.74) is 8.24. The summed E-state index contributed by atoms with van der Waals surface area (Å²) in [5.74, 6) is 0.329. The molecule has 6 heteroatoms. The molecule has 0 unspecified atom stereocenters. The van der Waals surface area contributed by atoms with Crippen LogP contribution in [0.3, 0.4) is 0 Å². The molecule has 6 nitrogen and oxygen atoms in total. The van der Waals surface area contributed by atoms with Gasteiger partial charge in [0, 0.05) is 17.8 Å². The van der Waals surface area contributed by atoms with Gasteiger partial charge in [0.15, 0.2) is 5.82 Å². The molecule has 0 aliphatic rings. The maximum absolute atomic E-state index is 12.2. The fraction of sp³-hybridized carbons (Fsp3) is 0.364. The molecule has 0 radical (unpaired) electrons. The SMILES string of the molecule is CCCCCCCCc1cccc2c(NNC(=O)c3cccnc3)ncnc12. The molecule has 0 atom stereocenters. The highest BCUT2D eigenvalue weighted by Gasteiger charge is 2.09. The number of para-hydroxylation sites is 1. The van der Waals surface area contributed by atoms with Crippen LogP contribution in [0.5, 0.6) is 0 Å². The maximum Gasteiger partial charge on any atom is 0.271 e. The Balaban J connectivity index is 1.65. The molecule has 1 amide bonds. The molecule has 0 bridgehead atoms. The predicted octanol–water partition coefficient (Wildman–Crippen LogP) is 4.68. The minimum absolute atomic E-state index is 0.261. The van der Waals surface area contributed by atoms with Gasteiger partial charge >= 0.3 is 0 Å². The van der Waals surface area contributed by atoms with Crippen molar-refractivity contribution in [2.45, 2.75) is 51.9 Å². The van der Waals surface area contributed by atoms with Crippen LogP contribution in [-0.2, 0) is 6.42 Å². The highest BCUT2D eigenvalue weighted by Crippen LogP contribution is 2.23. The summed E-state index contributed by atoms with van der Waals surface area (Å²) in [4.78, 5) is 24.9. The van der Waals surface area contributed by atoms with Crippen LogP contribution in [0.25, 0.3) is 10.9 Å². The van der Waals surface area contributed by atoms with Gasteiger partial charge in [0.25, 0.3) is 5.91 Å². The van der Waals surface area contributed by atoms with Crippen LogP contribution >= 0.6 is 0 Å². The van der Waals surface area contributed by atoms with Gasteiger partial charge in [-0.25, -0.2) is 9.97 Å². The van der Waals surface area contributed by atoms with Gasteiger partial charge in [0.1, 0.15) is 6.33 Å². The lowest BCUT2D eigenvalue weighted by Gasteiger charge is -2.11. The summed E-state index contributed by atoms with van der Waals surface area (Å²) in [6.45, 7) is 2.24. The molecule has 3 aromatic rings. The molecule has 28 heavy (non-hydrogen) atoms. The minimum atomic E-state index is -0.261.